The molecule has 0 fully saturated rings. The molecule has 2 rings (SSSR count). The van der Waals surface area contributed by atoms with E-state index >= 15 is 0 Å². The summed E-state index contributed by atoms with van der Waals surface area (Å²) in [6.07, 6.45) is 1.97. The minimum Gasteiger partial charge on any atom is -0.352 e. The second kappa shape index (κ2) is 7.17. The Balaban J connectivity index is 2.01. The number of benzene rings is 1. The maximum absolute atomic E-state index is 11.8. The minimum absolute atomic E-state index is 0.0471. The van der Waals surface area contributed by atoms with Gasteiger partial charge in [0.25, 0.3) is 0 Å². The van der Waals surface area contributed by atoms with E-state index < -0.39 is 0 Å². The number of carbonyl (C=O) groups is 1. The lowest BCUT2D eigenvalue weighted by Gasteiger charge is -2.11. The van der Waals surface area contributed by atoms with Crippen LogP contribution in [0.25, 0.3) is 11.4 Å². The molecule has 0 radical (unpaired) electrons. The van der Waals surface area contributed by atoms with Crippen molar-refractivity contribution in [3.63, 3.8) is 0 Å². The molecule has 0 bridgehead atoms. The first-order valence-corrected chi connectivity index (χ1v) is 7.30. The van der Waals surface area contributed by atoms with Crippen molar-refractivity contribution in [1.82, 2.24) is 25.5 Å². The summed E-state index contributed by atoms with van der Waals surface area (Å²) < 4.78 is 0. The fraction of sp³-hybridized carbons (Fsp3) is 0.429. The van der Waals surface area contributed by atoms with E-state index in [1.54, 1.807) is 6.07 Å². The monoisotopic (exact) mass is 307 g/mol. The van der Waals surface area contributed by atoms with Crippen LogP contribution in [0.15, 0.2) is 24.3 Å². The van der Waals surface area contributed by atoms with Crippen LogP contribution < -0.4 is 5.32 Å². The van der Waals surface area contributed by atoms with Gasteiger partial charge in [-0.1, -0.05) is 37.1 Å². The molecule has 1 atom stereocenters. The molecule has 0 saturated heterocycles. The molecule has 0 spiro atoms. The normalized spacial score (nSPS) is 12.1. The smallest absolute Gasteiger partial charge is 0.243 e. The number of aromatic nitrogens is 4. The van der Waals surface area contributed by atoms with E-state index in [-0.39, 0.29) is 18.5 Å². The van der Waals surface area contributed by atoms with Gasteiger partial charge in [-0.25, -0.2) is 0 Å². The van der Waals surface area contributed by atoms with Crippen LogP contribution in [0, 0.1) is 0 Å². The van der Waals surface area contributed by atoms with Crippen molar-refractivity contribution in [3.8, 4) is 11.4 Å². The number of nitrogens with one attached hydrogen (secondary N) is 1. The van der Waals surface area contributed by atoms with Crippen LogP contribution in [0.5, 0.6) is 0 Å². The average molecular weight is 308 g/mol. The van der Waals surface area contributed by atoms with E-state index in [0.717, 1.165) is 12.8 Å². The highest BCUT2D eigenvalue weighted by molar-refractivity contribution is 6.33. The van der Waals surface area contributed by atoms with Gasteiger partial charge in [-0.15, -0.1) is 10.2 Å². The maximum Gasteiger partial charge on any atom is 0.243 e. The van der Waals surface area contributed by atoms with Crippen molar-refractivity contribution in [1.29, 1.82) is 0 Å². The highest BCUT2D eigenvalue weighted by atomic mass is 35.5. The van der Waals surface area contributed by atoms with Gasteiger partial charge < -0.3 is 5.32 Å². The molecule has 0 aliphatic carbocycles. The number of halogens is 1. The third-order valence-electron chi connectivity index (χ3n) is 2.98. The Bertz CT molecular complexity index is 613. The van der Waals surface area contributed by atoms with E-state index in [2.05, 4.69) is 27.7 Å². The fourth-order valence-electron chi connectivity index (χ4n) is 2.01. The molecule has 0 aliphatic heterocycles. The first-order valence-electron chi connectivity index (χ1n) is 6.92. The molecule has 1 aromatic carbocycles. The summed E-state index contributed by atoms with van der Waals surface area (Å²) in [6, 6.07) is 7.40. The van der Waals surface area contributed by atoms with Gasteiger partial charge in [0.2, 0.25) is 11.7 Å². The topological polar surface area (TPSA) is 72.7 Å². The molecule has 0 saturated carbocycles. The molecule has 7 heteroatoms. The molecule has 1 aromatic heterocycles. The van der Waals surface area contributed by atoms with Crippen LogP contribution in [0.4, 0.5) is 0 Å². The molecule has 112 valence electrons. The highest BCUT2D eigenvalue weighted by Crippen LogP contribution is 2.23. The van der Waals surface area contributed by atoms with Crippen LogP contribution in [0.2, 0.25) is 5.02 Å². The van der Waals surface area contributed by atoms with Gasteiger partial charge in [0.1, 0.15) is 6.54 Å². The van der Waals surface area contributed by atoms with Crippen molar-refractivity contribution in [2.45, 2.75) is 39.3 Å². The Labute approximate surface area is 128 Å². The van der Waals surface area contributed by atoms with Crippen molar-refractivity contribution in [2.24, 2.45) is 0 Å². The zero-order valence-electron chi connectivity index (χ0n) is 12.1. The van der Waals surface area contributed by atoms with Gasteiger partial charge in [0, 0.05) is 11.6 Å². The maximum atomic E-state index is 11.8. The molecular weight excluding hydrogens is 290 g/mol. The first-order chi connectivity index (χ1) is 10.1. The summed E-state index contributed by atoms with van der Waals surface area (Å²) >= 11 is 6.08. The third-order valence-corrected chi connectivity index (χ3v) is 3.31. The summed E-state index contributed by atoms with van der Waals surface area (Å²) in [5, 5.41) is 15.4. The van der Waals surface area contributed by atoms with Crippen LogP contribution in [0.3, 0.4) is 0 Å². The van der Waals surface area contributed by atoms with Gasteiger partial charge in [-0.05, 0) is 30.7 Å². The van der Waals surface area contributed by atoms with E-state index in [1.165, 1.54) is 4.80 Å². The number of rotatable bonds is 6. The van der Waals surface area contributed by atoms with Crippen molar-refractivity contribution in [2.75, 3.05) is 0 Å². The standard InChI is InChI=1S/C14H18ClN5O/c1-3-6-10(2)16-13(21)9-20-18-14(17-19-20)11-7-4-5-8-12(11)15/h4-5,7-8,10H,3,6,9H2,1-2H3,(H,16,21). The Hall–Kier alpha value is -1.95. The fourth-order valence-corrected chi connectivity index (χ4v) is 2.23. The number of tetrazole rings is 1. The van der Waals surface area contributed by atoms with Crippen molar-refractivity contribution in [3.05, 3.63) is 29.3 Å². The van der Waals surface area contributed by atoms with Gasteiger partial charge in [0.05, 0.1) is 5.02 Å². The first kappa shape index (κ1) is 15.4. The quantitative estimate of drug-likeness (QED) is 0.888. The van der Waals surface area contributed by atoms with Crippen molar-refractivity contribution < 1.29 is 4.79 Å². The van der Waals surface area contributed by atoms with E-state index in [4.69, 9.17) is 11.6 Å². The number of nitrogens with zero attached hydrogens (tertiary/aromatic N) is 4. The molecule has 6 nitrogen and oxygen atoms in total. The Kier molecular flexibility index (Phi) is 5.27. The summed E-state index contributed by atoms with van der Waals surface area (Å²) in [6.45, 7) is 4.11. The second-order valence-corrected chi connectivity index (χ2v) is 5.29. The predicted molar refractivity (Wildman–Crippen MR) is 80.8 cm³/mol. The Morgan fingerprint density at radius 3 is 2.90 bits per heavy atom. The zero-order valence-corrected chi connectivity index (χ0v) is 12.8. The van der Waals surface area contributed by atoms with Gasteiger partial charge in [-0.3, -0.25) is 4.79 Å². The number of carbonyl (C=O) groups excluding carboxylic acids is 1. The molecular formula is C14H18ClN5O. The zero-order chi connectivity index (χ0) is 15.2. The van der Waals surface area contributed by atoms with E-state index in [9.17, 15) is 4.79 Å². The van der Waals surface area contributed by atoms with Crippen LogP contribution in [0.1, 0.15) is 26.7 Å². The molecule has 1 heterocycles. The SMILES string of the molecule is CCCC(C)NC(=O)Cn1nnc(-c2ccccc2Cl)n1. The summed E-state index contributed by atoms with van der Waals surface area (Å²) in [4.78, 5) is 13.1. The number of hydrogen-bond acceptors (Lipinski definition) is 4. The van der Waals surface area contributed by atoms with E-state index in [1.807, 2.05) is 25.1 Å². The van der Waals surface area contributed by atoms with Gasteiger partial charge >= 0.3 is 0 Å². The van der Waals surface area contributed by atoms with Crippen LogP contribution >= 0.6 is 11.6 Å². The Morgan fingerprint density at radius 1 is 1.43 bits per heavy atom. The molecule has 2 aromatic rings. The predicted octanol–water partition coefficient (Wildman–Crippen LogP) is 2.30. The summed E-state index contributed by atoms with van der Waals surface area (Å²) in [7, 11) is 0. The van der Waals surface area contributed by atoms with Crippen molar-refractivity contribution >= 4 is 17.5 Å². The molecule has 0 aliphatic rings. The molecule has 1 N–H and O–H groups in total. The lowest BCUT2D eigenvalue weighted by molar-refractivity contribution is -0.122. The van der Waals surface area contributed by atoms with Crippen LogP contribution in [-0.4, -0.2) is 32.2 Å². The van der Waals surface area contributed by atoms with E-state index in [0.29, 0.717) is 16.4 Å². The Morgan fingerprint density at radius 2 is 2.19 bits per heavy atom. The lowest BCUT2D eigenvalue weighted by atomic mass is 10.2. The lowest BCUT2D eigenvalue weighted by Crippen LogP contribution is -2.35. The summed E-state index contributed by atoms with van der Waals surface area (Å²) in [5.41, 5.74) is 0.699. The molecule has 21 heavy (non-hydrogen) atoms. The molecule has 1 unspecified atom stereocenters. The summed E-state index contributed by atoms with van der Waals surface area (Å²) in [5.74, 6) is 0.286. The largest absolute Gasteiger partial charge is 0.352 e. The minimum atomic E-state index is -0.126. The average Bonchev–Trinajstić information content (AvgIpc) is 2.87. The van der Waals surface area contributed by atoms with Gasteiger partial charge in [0.15, 0.2) is 0 Å². The molecule has 1 amide bonds. The second-order valence-electron chi connectivity index (χ2n) is 4.88. The number of hydrogen-bond donors (Lipinski definition) is 1. The number of amides is 1. The van der Waals surface area contributed by atoms with Gasteiger partial charge in [-0.2, -0.15) is 4.80 Å². The highest BCUT2D eigenvalue weighted by Gasteiger charge is 2.12. The van der Waals surface area contributed by atoms with Crippen LogP contribution in [-0.2, 0) is 11.3 Å². The third kappa shape index (κ3) is 4.26.